The van der Waals surface area contributed by atoms with Gasteiger partial charge in [-0.1, -0.05) is 0 Å². The Hall–Kier alpha value is -1.53. The normalized spacial score (nSPS) is 17.6. The maximum atomic E-state index is 13.5. The Morgan fingerprint density at radius 3 is 3.00 bits per heavy atom. The SMILES string of the molecule is CC(C)(C(=O)Nc1ncccc1F)N1CCCNCC1. The Morgan fingerprint density at radius 1 is 1.45 bits per heavy atom. The van der Waals surface area contributed by atoms with Crippen LogP contribution < -0.4 is 10.6 Å². The Labute approximate surface area is 118 Å². The van der Waals surface area contributed by atoms with Crippen molar-refractivity contribution in [2.75, 3.05) is 31.5 Å². The molecule has 0 bridgehead atoms. The van der Waals surface area contributed by atoms with E-state index in [0.29, 0.717) is 0 Å². The molecule has 0 aliphatic carbocycles. The van der Waals surface area contributed by atoms with Gasteiger partial charge >= 0.3 is 0 Å². The quantitative estimate of drug-likeness (QED) is 0.874. The molecule has 1 aliphatic rings. The number of hydrogen-bond donors (Lipinski definition) is 2. The van der Waals surface area contributed by atoms with Crippen LogP contribution in [0.3, 0.4) is 0 Å². The topological polar surface area (TPSA) is 57.3 Å². The molecule has 0 aromatic carbocycles. The van der Waals surface area contributed by atoms with Crippen LogP contribution in [0.15, 0.2) is 18.3 Å². The van der Waals surface area contributed by atoms with Crippen LogP contribution in [-0.2, 0) is 4.79 Å². The van der Waals surface area contributed by atoms with E-state index in [1.165, 1.54) is 18.3 Å². The monoisotopic (exact) mass is 280 g/mol. The fraction of sp³-hybridized carbons (Fsp3) is 0.571. The predicted molar refractivity (Wildman–Crippen MR) is 76.0 cm³/mol. The van der Waals surface area contributed by atoms with Crippen LogP contribution in [-0.4, -0.2) is 47.5 Å². The molecule has 20 heavy (non-hydrogen) atoms. The third-order valence-electron chi connectivity index (χ3n) is 3.68. The summed E-state index contributed by atoms with van der Waals surface area (Å²) in [6.07, 6.45) is 2.45. The number of halogens is 1. The second-order valence-corrected chi connectivity index (χ2v) is 5.44. The minimum Gasteiger partial charge on any atom is -0.315 e. The first-order valence-electron chi connectivity index (χ1n) is 6.89. The number of carbonyl (C=O) groups excluding carboxylic acids is 1. The van der Waals surface area contributed by atoms with Gasteiger partial charge in [-0.25, -0.2) is 9.37 Å². The summed E-state index contributed by atoms with van der Waals surface area (Å²) in [4.78, 5) is 18.4. The number of amides is 1. The van der Waals surface area contributed by atoms with Crippen molar-refractivity contribution in [2.24, 2.45) is 0 Å². The molecule has 0 atom stereocenters. The molecule has 0 saturated carbocycles. The molecule has 1 saturated heterocycles. The molecule has 0 unspecified atom stereocenters. The van der Waals surface area contributed by atoms with E-state index in [0.717, 1.165) is 32.6 Å². The molecule has 1 aromatic rings. The number of aromatic nitrogens is 1. The highest BCUT2D eigenvalue weighted by molar-refractivity contribution is 5.96. The Kier molecular flexibility index (Phi) is 4.67. The highest BCUT2D eigenvalue weighted by Gasteiger charge is 2.35. The fourth-order valence-corrected chi connectivity index (χ4v) is 2.29. The molecule has 1 aromatic heterocycles. The van der Waals surface area contributed by atoms with Crippen molar-refractivity contribution in [3.05, 3.63) is 24.1 Å². The van der Waals surface area contributed by atoms with Crippen molar-refractivity contribution in [1.29, 1.82) is 0 Å². The summed E-state index contributed by atoms with van der Waals surface area (Å²) in [5.41, 5.74) is -0.698. The summed E-state index contributed by atoms with van der Waals surface area (Å²) in [6.45, 7) is 7.17. The smallest absolute Gasteiger partial charge is 0.245 e. The van der Waals surface area contributed by atoms with Crippen molar-refractivity contribution in [2.45, 2.75) is 25.8 Å². The molecule has 2 heterocycles. The molecular weight excluding hydrogens is 259 g/mol. The number of pyridine rings is 1. The van der Waals surface area contributed by atoms with E-state index < -0.39 is 11.4 Å². The summed E-state index contributed by atoms with van der Waals surface area (Å²) in [5, 5.41) is 5.88. The lowest BCUT2D eigenvalue weighted by atomic mass is 10.0. The Morgan fingerprint density at radius 2 is 2.25 bits per heavy atom. The highest BCUT2D eigenvalue weighted by Crippen LogP contribution is 2.19. The maximum Gasteiger partial charge on any atom is 0.245 e. The molecule has 1 amide bonds. The third kappa shape index (κ3) is 3.32. The number of nitrogens with one attached hydrogen (secondary N) is 2. The highest BCUT2D eigenvalue weighted by atomic mass is 19.1. The molecule has 6 heteroatoms. The number of rotatable bonds is 3. The van der Waals surface area contributed by atoms with E-state index >= 15 is 0 Å². The van der Waals surface area contributed by atoms with Crippen molar-refractivity contribution >= 4 is 11.7 Å². The van der Waals surface area contributed by atoms with Gasteiger partial charge < -0.3 is 10.6 Å². The van der Waals surface area contributed by atoms with E-state index in [2.05, 4.69) is 20.5 Å². The minimum absolute atomic E-state index is 0.0153. The zero-order valence-electron chi connectivity index (χ0n) is 11.9. The summed E-state index contributed by atoms with van der Waals surface area (Å²) in [6, 6.07) is 2.78. The molecule has 0 radical (unpaired) electrons. The van der Waals surface area contributed by atoms with Crippen LogP contribution in [0.25, 0.3) is 0 Å². The molecule has 0 spiro atoms. The fourth-order valence-electron chi connectivity index (χ4n) is 2.29. The first-order valence-corrected chi connectivity index (χ1v) is 6.89. The molecule has 5 nitrogen and oxygen atoms in total. The van der Waals surface area contributed by atoms with Gasteiger partial charge in [0.05, 0.1) is 5.54 Å². The van der Waals surface area contributed by atoms with E-state index in [1.54, 1.807) is 0 Å². The van der Waals surface area contributed by atoms with Crippen LogP contribution in [0.5, 0.6) is 0 Å². The van der Waals surface area contributed by atoms with Crippen molar-refractivity contribution < 1.29 is 9.18 Å². The molecule has 2 N–H and O–H groups in total. The number of anilines is 1. The number of hydrogen-bond acceptors (Lipinski definition) is 4. The largest absolute Gasteiger partial charge is 0.315 e. The van der Waals surface area contributed by atoms with Gasteiger partial charge in [-0.05, 0) is 38.9 Å². The lowest BCUT2D eigenvalue weighted by Crippen LogP contribution is -2.53. The Balaban J connectivity index is 2.08. The zero-order chi connectivity index (χ0) is 14.6. The molecule has 110 valence electrons. The molecule has 2 rings (SSSR count). The van der Waals surface area contributed by atoms with Gasteiger partial charge in [-0.2, -0.15) is 0 Å². The van der Waals surface area contributed by atoms with Crippen LogP contribution in [0.1, 0.15) is 20.3 Å². The predicted octanol–water partition coefficient (Wildman–Crippen LogP) is 1.23. The summed E-state index contributed by atoms with van der Waals surface area (Å²) in [5.74, 6) is -0.773. The van der Waals surface area contributed by atoms with Gasteiger partial charge in [0.2, 0.25) is 5.91 Å². The molecule has 1 fully saturated rings. The van der Waals surface area contributed by atoms with Crippen LogP contribution >= 0.6 is 0 Å². The first kappa shape index (κ1) is 14.9. The average Bonchev–Trinajstić information content (AvgIpc) is 2.70. The minimum atomic E-state index is -0.698. The van der Waals surface area contributed by atoms with Gasteiger partial charge in [0, 0.05) is 25.8 Å². The average molecular weight is 280 g/mol. The number of nitrogens with zero attached hydrogens (tertiary/aromatic N) is 2. The van der Waals surface area contributed by atoms with Crippen molar-refractivity contribution in [1.82, 2.24) is 15.2 Å². The van der Waals surface area contributed by atoms with E-state index in [9.17, 15) is 9.18 Å². The zero-order valence-corrected chi connectivity index (χ0v) is 11.9. The summed E-state index contributed by atoms with van der Waals surface area (Å²) < 4.78 is 13.5. The Bertz CT molecular complexity index is 470. The third-order valence-corrected chi connectivity index (χ3v) is 3.68. The lowest BCUT2D eigenvalue weighted by molar-refractivity contribution is -0.126. The van der Waals surface area contributed by atoms with Gasteiger partial charge in [0.1, 0.15) is 0 Å². The van der Waals surface area contributed by atoms with E-state index in [1.807, 2.05) is 13.8 Å². The lowest BCUT2D eigenvalue weighted by Gasteiger charge is -2.36. The molecule has 1 aliphatic heterocycles. The second-order valence-electron chi connectivity index (χ2n) is 5.44. The maximum absolute atomic E-state index is 13.5. The number of carbonyl (C=O) groups is 1. The second kappa shape index (κ2) is 6.28. The standard InChI is InChI=1S/C14H21FN4O/c1-14(2,19-9-4-6-16-8-10-19)13(20)18-12-11(15)5-3-7-17-12/h3,5,7,16H,4,6,8-10H2,1-2H3,(H,17,18,20). The van der Waals surface area contributed by atoms with Gasteiger partial charge in [-0.3, -0.25) is 9.69 Å². The van der Waals surface area contributed by atoms with Crippen molar-refractivity contribution in [3.8, 4) is 0 Å². The van der Waals surface area contributed by atoms with Crippen molar-refractivity contribution in [3.63, 3.8) is 0 Å². The van der Waals surface area contributed by atoms with Crippen LogP contribution in [0, 0.1) is 5.82 Å². The van der Waals surface area contributed by atoms with Gasteiger partial charge in [0.15, 0.2) is 11.6 Å². The summed E-state index contributed by atoms with van der Waals surface area (Å²) >= 11 is 0. The van der Waals surface area contributed by atoms with E-state index in [-0.39, 0.29) is 11.7 Å². The van der Waals surface area contributed by atoms with Gasteiger partial charge in [0.25, 0.3) is 0 Å². The van der Waals surface area contributed by atoms with Gasteiger partial charge in [-0.15, -0.1) is 0 Å². The summed E-state index contributed by atoms with van der Waals surface area (Å²) in [7, 11) is 0. The van der Waals surface area contributed by atoms with E-state index in [4.69, 9.17) is 0 Å². The van der Waals surface area contributed by atoms with Crippen LogP contribution in [0.2, 0.25) is 0 Å². The van der Waals surface area contributed by atoms with Crippen LogP contribution in [0.4, 0.5) is 10.2 Å². The first-order chi connectivity index (χ1) is 9.51. The molecular formula is C14H21FN4O.